The zero-order valence-corrected chi connectivity index (χ0v) is 17.2. The van der Waals surface area contributed by atoms with Gasteiger partial charge in [0.25, 0.3) is 0 Å². The van der Waals surface area contributed by atoms with E-state index in [1.807, 2.05) is 0 Å². The summed E-state index contributed by atoms with van der Waals surface area (Å²) >= 11 is 0. The Hall–Kier alpha value is -4.08. The Kier molecular flexibility index (Phi) is 6.14. The van der Waals surface area contributed by atoms with Crippen molar-refractivity contribution in [3.63, 3.8) is 0 Å². The lowest BCUT2D eigenvalue weighted by atomic mass is 10.1. The third kappa shape index (κ3) is 5.45. The number of hydrogen-bond acceptors (Lipinski definition) is 4. The van der Waals surface area contributed by atoms with Crippen molar-refractivity contribution in [3.8, 4) is 11.3 Å². The van der Waals surface area contributed by atoms with Crippen molar-refractivity contribution in [2.24, 2.45) is 0 Å². The Labute approximate surface area is 190 Å². The molecule has 174 valence electrons. The van der Waals surface area contributed by atoms with E-state index in [1.54, 1.807) is 30.3 Å². The largest absolute Gasteiger partial charge is 0.416 e. The smallest absolute Gasteiger partial charge is 0.355 e. The maximum atomic E-state index is 12.8. The van der Waals surface area contributed by atoms with Gasteiger partial charge in [-0.2, -0.15) is 26.3 Å². The van der Waals surface area contributed by atoms with Gasteiger partial charge in [-0.3, -0.25) is 0 Å². The fourth-order valence-corrected chi connectivity index (χ4v) is 3.18. The lowest BCUT2D eigenvalue weighted by molar-refractivity contribution is -0.138. The number of alkyl halides is 6. The third-order valence-corrected chi connectivity index (χ3v) is 4.85. The van der Waals surface area contributed by atoms with Crippen LogP contribution >= 0.6 is 0 Å². The van der Waals surface area contributed by atoms with E-state index in [0.717, 1.165) is 24.3 Å². The SMILES string of the molecule is FC(F)(F)c1ccc(Nc2cc(-c3ccccc3Nc3ccc(C(F)(F)F)cc3)ncn2)cc1. The molecule has 0 aliphatic heterocycles. The molecule has 34 heavy (non-hydrogen) atoms. The van der Waals surface area contributed by atoms with Crippen molar-refractivity contribution in [1.82, 2.24) is 9.97 Å². The van der Waals surface area contributed by atoms with Gasteiger partial charge in [-0.05, 0) is 54.6 Å². The Morgan fingerprint density at radius 1 is 0.588 bits per heavy atom. The number of hydrogen-bond donors (Lipinski definition) is 2. The molecule has 0 bridgehead atoms. The first-order valence-corrected chi connectivity index (χ1v) is 9.89. The number of halogens is 6. The summed E-state index contributed by atoms with van der Waals surface area (Å²) in [5.41, 5.74) is 1.11. The highest BCUT2D eigenvalue weighted by Gasteiger charge is 2.30. The van der Waals surface area contributed by atoms with E-state index in [4.69, 9.17) is 0 Å². The van der Waals surface area contributed by atoms with Gasteiger partial charge >= 0.3 is 12.4 Å². The van der Waals surface area contributed by atoms with Crippen molar-refractivity contribution in [1.29, 1.82) is 0 Å². The second kappa shape index (κ2) is 9.05. The number of anilines is 4. The molecule has 1 aromatic heterocycles. The van der Waals surface area contributed by atoms with Crippen LogP contribution < -0.4 is 10.6 Å². The highest BCUT2D eigenvalue weighted by atomic mass is 19.4. The number of nitrogens with one attached hydrogen (secondary N) is 2. The van der Waals surface area contributed by atoms with Crippen LogP contribution in [0.5, 0.6) is 0 Å². The molecular formula is C24H16F6N4. The summed E-state index contributed by atoms with van der Waals surface area (Å²) < 4.78 is 76.7. The molecule has 0 atom stereocenters. The van der Waals surface area contributed by atoms with E-state index in [-0.39, 0.29) is 0 Å². The van der Waals surface area contributed by atoms with Gasteiger partial charge < -0.3 is 10.6 Å². The molecule has 4 aromatic rings. The van der Waals surface area contributed by atoms with Crippen molar-refractivity contribution in [2.75, 3.05) is 10.6 Å². The minimum atomic E-state index is -4.43. The molecular weight excluding hydrogens is 458 g/mol. The van der Waals surface area contributed by atoms with Crippen LogP contribution in [0.2, 0.25) is 0 Å². The number of aromatic nitrogens is 2. The van der Waals surface area contributed by atoms with Crippen LogP contribution in [0.4, 0.5) is 49.2 Å². The van der Waals surface area contributed by atoms with Gasteiger partial charge in [-0.1, -0.05) is 18.2 Å². The van der Waals surface area contributed by atoms with Crippen molar-refractivity contribution in [2.45, 2.75) is 12.4 Å². The van der Waals surface area contributed by atoms with Crippen LogP contribution in [0.1, 0.15) is 11.1 Å². The number of nitrogens with zero attached hydrogens (tertiary/aromatic N) is 2. The van der Waals surface area contributed by atoms with E-state index in [2.05, 4.69) is 20.6 Å². The topological polar surface area (TPSA) is 49.8 Å². The minimum absolute atomic E-state index is 0.356. The Bertz CT molecular complexity index is 1270. The molecule has 4 nitrogen and oxygen atoms in total. The molecule has 4 rings (SSSR count). The maximum absolute atomic E-state index is 12.8. The third-order valence-electron chi connectivity index (χ3n) is 4.85. The van der Waals surface area contributed by atoms with Crippen LogP contribution in [0.3, 0.4) is 0 Å². The predicted molar refractivity (Wildman–Crippen MR) is 117 cm³/mol. The second-order valence-electron chi connectivity index (χ2n) is 7.23. The van der Waals surface area contributed by atoms with Crippen LogP contribution in [0, 0.1) is 0 Å². The summed E-state index contributed by atoms with van der Waals surface area (Å²) in [7, 11) is 0. The molecule has 1 heterocycles. The van der Waals surface area contributed by atoms with E-state index in [1.165, 1.54) is 30.6 Å². The molecule has 0 saturated heterocycles. The Morgan fingerprint density at radius 2 is 1.12 bits per heavy atom. The average Bonchev–Trinajstić information content (AvgIpc) is 2.79. The summed E-state index contributed by atoms with van der Waals surface area (Å²) in [5.74, 6) is 0.356. The molecule has 0 fully saturated rings. The fourth-order valence-electron chi connectivity index (χ4n) is 3.18. The standard InChI is InChI=1S/C24H16F6N4/c25-23(26,27)15-5-9-17(10-6-15)33-20-4-2-1-3-19(20)21-13-22(32-14-31-21)34-18-11-7-16(8-12-18)24(28,29)30/h1-14,33H,(H,31,32,34). The summed E-state index contributed by atoms with van der Waals surface area (Å²) in [6.45, 7) is 0. The Balaban J connectivity index is 1.56. The molecule has 10 heteroatoms. The molecule has 0 saturated carbocycles. The molecule has 0 unspecified atom stereocenters. The van der Waals surface area contributed by atoms with Crippen molar-refractivity contribution in [3.05, 3.63) is 96.3 Å². The molecule has 0 aliphatic rings. The van der Waals surface area contributed by atoms with Gasteiger partial charge in [0.2, 0.25) is 0 Å². The van der Waals surface area contributed by atoms with Crippen LogP contribution in [0.25, 0.3) is 11.3 Å². The number of rotatable bonds is 5. The van der Waals surface area contributed by atoms with Gasteiger partial charge in [0.1, 0.15) is 12.1 Å². The molecule has 0 aliphatic carbocycles. The fraction of sp³-hybridized carbons (Fsp3) is 0.0833. The van der Waals surface area contributed by atoms with E-state index < -0.39 is 23.5 Å². The molecule has 0 radical (unpaired) electrons. The quantitative estimate of drug-likeness (QED) is 0.292. The monoisotopic (exact) mass is 474 g/mol. The predicted octanol–water partition coefficient (Wildman–Crippen LogP) is 7.67. The molecule has 2 N–H and O–H groups in total. The normalized spacial score (nSPS) is 11.8. The summed E-state index contributed by atoms with van der Waals surface area (Å²) in [4.78, 5) is 8.36. The summed E-state index contributed by atoms with van der Waals surface area (Å²) in [6.07, 6.45) is -7.55. The van der Waals surface area contributed by atoms with Gasteiger partial charge in [0.15, 0.2) is 0 Å². The summed E-state index contributed by atoms with van der Waals surface area (Å²) in [5, 5.41) is 6.02. The molecule has 0 amide bonds. The van der Waals surface area contributed by atoms with Crippen LogP contribution in [-0.4, -0.2) is 9.97 Å². The minimum Gasteiger partial charge on any atom is -0.355 e. The van der Waals surface area contributed by atoms with Gasteiger partial charge in [0.05, 0.1) is 16.8 Å². The van der Waals surface area contributed by atoms with E-state index in [0.29, 0.717) is 34.1 Å². The van der Waals surface area contributed by atoms with E-state index in [9.17, 15) is 26.3 Å². The first kappa shape index (κ1) is 23.1. The Morgan fingerprint density at radius 3 is 1.68 bits per heavy atom. The lowest BCUT2D eigenvalue weighted by Crippen LogP contribution is -2.04. The van der Waals surface area contributed by atoms with Crippen molar-refractivity contribution < 1.29 is 26.3 Å². The first-order chi connectivity index (χ1) is 16.1. The second-order valence-corrected chi connectivity index (χ2v) is 7.23. The lowest BCUT2D eigenvalue weighted by Gasteiger charge is -2.14. The van der Waals surface area contributed by atoms with Crippen LogP contribution in [-0.2, 0) is 12.4 Å². The van der Waals surface area contributed by atoms with Gasteiger partial charge in [-0.15, -0.1) is 0 Å². The zero-order chi connectivity index (χ0) is 24.3. The molecule has 0 spiro atoms. The van der Waals surface area contributed by atoms with Crippen LogP contribution in [0.15, 0.2) is 85.2 Å². The van der Waals surface area contributed by atoms with E-state index >= 15 is 0 Å². The van der Waals surface area contributed by atoms with Gasteiger partial charge in [-0.25, -0.2) is 9.97 Å². The average molecular weight is 474 g/mol. The molecule has 3 aromatic carbocycles. The first-order valence-electron chi connectivity index (χ1n) is 9.89. The van der Waals surface area contributed by atoms with Crippen molar-refractivity contribution >= 4 is 22.9 Å². The zero-order valence-electron chi connectivity index (χ0n) is 17.2. The maximum Gasteiger partial charge on any atom is 0.416 e. The summed E-state index contributed by atoms with van der Waals surface area (Å²) in [6, 6.07) is 17.8. The van der Waals surface area contributed by atoms with Gasteiger partial charge in [0, 0.05) is 28.7 Å². The highest BCUT2D eigenvalue weighted by molar-refractivity contribution is 5.80. The number of para-hydroxylation sites is 1. The highest BCUT2D eigenvalue weighted by Crippen LogP contribution is 2.34. The number of benzene rings is 3.